The first kappa shape index (κ1) is 8.89. The first-order chi connectivity index (χ1) is 5.14. The summed E-state index contributed by atoms with van der Waals surface area (Å²) < 4.78 is -0.247. The van der Waals surface area contributed by atoms with Crippen LogP contribution in [0.3, 0.4) is 0 Å². The molecule has 0 aliphatic heterocycles. The van der Waals surface area contributed by atoms with Crippen molar-refractivity contribution in [3.63, 3.8) is 0 Å². The van der Waals surface area contributed by atoms with Gasteiger partial charge in [-0.05, 0) is 6.42 Å². The fraction of sp³-hybridized carbons (Fsp3) is 0.875. The summed E-state index contributed by atoms with van der Waals surface area (Å²) in [4.78, 5) is 0. The van der Waals surface area contributed by atoms with Crippen LogP contribution < -0.4 is 0 Å². The van der Waals surface area contributed by atoms with Gasteiger partial charge in [0.25, 0.3) is 0 Å². The van der Waals surface area contributed by atoms with E-state index in [-0.39, 0.29) is 17.3 Å². The van der Waals surface area contributed by atoms with Crippen molar-refractivity contribution in [2.45, 2.75) is 30.3 Å². The van der Waals surface area contributed by atoms with Gasteiger partial charge in [0.05, 0.1) is 6.07 Å². The Hall–Kier alpha value is -0.200. The van der Waals surface area contributed by atoms with E-state index in [2.05, 4.69) is 19.9 Å². The SMILES string of the molecule is CC(C)SC1(C#N)CC1CO. The number of hydrogen-bond acceptors (Lipinski definition) is 3. The summed E-state index contributed by atoms with van der Waals surface area (Å²) in [5.74, 6) is 0.222. The minimum Gasteiger partial charge on any atom is -0.396 e. The molecule has 0 aromatic rings. The van der Waals surface area contributed by atoms with Gasteiger partial charge in [-0.2, -0.15) is 5.26 Å². The lowest BCUT2D eigenvalue weighted by Gasteiger charge is -2.09. The van der Waals surface area contributed by atoms with E-state index in [0.717, 1.165) is 6.42 Å². The Morgan fingerprint density at radius 3 is 2.73 bits per heavy atom. The molecule has 0 aromatic heterocycles. The molecule has 1 saturated carbocycles. The maximum absolute atomic E-state index is 8.82. The van der Waals surface area contributed by atoms with Crippen molar-refractivity contribution in [2.24, 2.45) is 5.92 Å². The van der Waals surface area contributed by atoms with Crippen LogP contribution in [0.25, 0.3) is 0 Å². The molecular weight excluding hydrogens is 158 g/mol. The first-order valence-corrected chi connectivity index (χ1v) is 4.72. The zero-order valence-corrected chi connectivity index (χ0v) is 7.69. The topological polar surface area (TPSA) is 44.0 Å². The van der Waals surface area contributed by atoms with Gasteiger partial charge in [0.2, 0.25) is 0 Å². The van der Waals surface area contributed by atoms with Crippen molar-refractivity contribution in [1.29, 1.82) is 5.26 Å². The molecule has 1 aliphatic rings. The molecule has 0 radical (unpaired) electrons. The van der Waals surface area contributed by atoms with Gasteiger partial charge in [-0.25, -0.2) is 0 Å². The largest absolute Gasteiger partial charge is 0.396 e. The molecule has 3 heteroatoms. The first-order valence-electron chi connectivity index (χ1n) is 3.84. The molecule has 2 unspecified atom stereocenters. The molecule has 0 spiro atoms. The second-order valence-electron chi connectivity index (χ2n) is 3.25. The number of aliphatic hydroxyl groups is 1. The van der Waals surface area contributed by atoms with Gasteiger partial charge in [-0.15, -0.1) is 11.8 Å². The van der Waals surface area contributed by atoms with E-state index < -0.39 is 0 Å². The van der Waals surface area contributed by atoms with Crippen LogP contribution in [0.15, 0.2) is 0 Å². The van der Waals surface area contributed by atoms with Crippen molar-refractivity contribution in [3.05, 3.63) is 0 Å². The average Bonchev–Trinajstić information content (AvgIpc) is 2.62. The minimum absolute atomic E-state index is 0.160. The Balaban J connectivity index is 2.48. The summed E-state index contributed by atoms with van der Waals surface area (Å²) >= 11 is 1.68. The lowest BCUT2D eigenvalue weighted by molar-refractivity contribution is 0.274. The van der Waals surface area contributed by atoms with E-state index in [1.807, 2.05) is 0 Å². The molecule has 2 atom stereocenters. The molecule has 1 rings (SSSR count). The summed E-state index contributed by atoms with van der Waals surface area (Å²) in [6.07, 6.45) is 0.864. The summed E-state index contributed by atoms with van der Waals surface area (Å²) in [5.41, 5.74) is 0. The number of nitrogens with zero attached hydrogens (tertiary/aromatic N) is 1. The number of hydrogen-bond donors (Lipinski definition) is 1. The zero-order chi connectivity index (χ0) is 8.48. The van der Waals surface area contributed by atoms with Crippen molar-refractivity contribution < 1.29 is 5.11 Å². The molecule has 0 bridgehead atoms. The molecule has 1 N–H and O–H groups in total. The van der Waals surface area contributed by atoms with Crippen molar-refractivity contribution in [3.8, 4) is 6.07 Å². The van der Waals surface area contributed by atoms with Crippen molar-refractivity contribution in [1.82, 2.24) is 0 Å². The fourth-order valence-corrected chi connectivity index (χ4v) is 2.71. The highest BCUT2D eigenvalue weighted by molar-refractivity contribution is 8.01. The molecule has 1 aliphatic carbocycles. The Morgan fingerprint density at radius 2 is 2.45 bits per heavy atom. The van der Waals surface area contributed by atoms with Crippen LogP contribution in [0.1, 0.15) is 20.3 Å². The van der Waals surface area contributed by atoms with E-state index in [4.69, 9.17) is 10.4 Å². The summed E-state index contributed by atoms with van der Waals surface area (Å²) in [5, 5.41) is 18.1. The predicted octanol–water partition coefficient (Wildman–Crippen LogP) is 1.40. The maximum atomic E-state index is 8.82. The maximum Gasteiger partial charge on any atom is 0.108 e. The third-order valence-electron chi connectivity index (χ3n) is 1.90. The fourth-order valence-electron chi connectivity index (χ4n) is 1.25. The highest BCUT2D eigenvalue weighted by atomic mass is 32.2. The minimum atomic E-state index is -0.247. The number of aliphatic hydroxyl groups excluding tert-OH is 1. The van der Waals surface area contributed by atoms with Gasteiger partial charge in [0, 0.05) is 17.8 Å². The molecule has 1 fully saturated rings. The lowest BCUT2D eigenvalue weighted by Crippen LogP contribution is -2.09. The summed E-state index contributed by atoms with van der Waals surface area (Å²) in [6.45, 7) is 4.32. The Morgan fingerprint density at radius 1 is 1.82 bits per heavy atom. The van der Waals surface area contributed by atoms with Gasteiger partial charge < -0.3 is 5.11 Å². The molecular formula is C8H13NOS. The molecule has 0 amide bonds. The van der Waals surface area contributed by atoms with Crippen LogP contribution in [0.5, 0.6) is 0 Å². The van der Waals surface area contributed by atoms with Crippen LogP contribution in [0, 0.1) is 17.2 Å². The smallest absolute Gasteiger partial charge is 0.108 e. The van der Waals surface area contributed by atoms with Crippen LogP contribution in [-0.2, 0) is 0 Å². The molecule has 11 heavy (non-hydrogen) atoms. The van der Waals surface area contributed by atoms with E-state index >= 15 is 0 Å². The van der Waals surface area contributed by atoms with Crippen molar-refractivity contribution >= 4 is 11.8 Å². The van der Waals surface area contributed by atoms with Crippen LogP contribution in [-0.4, -0.2) is 21.7 Å². The third-order valence-corrected chi connectivity index (χ3v) is 3.39. The Bertz CT molecular complexity index is 187. The van der Waals surface area contributed by atoms with E-state index in [1.54, 1.807) is 11.8 Å². The monoisotopic (exact) mass is 171 g/mol. The van der Waals surface area contributed by atoms with Gasteiger partial charge in [0.1, 0.15) is 4.75 Å². The zero-order valence-electron chi connectivity index (χ0n) is 6.87. The lowest BCUT2D eigenvalue weighted by atomic mass is 10.3. The Kier molecular flexibility index (Phi) is 2.46. The highest BCUT2D eigenvalue weighted by Gasteiger charge is 2.55. The van der Waals surface area contributed by atoms with Crippen LogP contribution in [0.4, 0.5) is 0 Å². The summed E-state index contributed by atoms with van der Waals surface area (Å²) in [7, 11) is 0. The van der Waals surface area contributed by atoms with Gasteiger partial charge in [0.15, 0.2) is 0 Å². The second-order valence-corrected chi connectivity index (χ2v) is 5.16. The number of thioether (sulfide) groups is 1. The predicted molar refractivity (Wildman–Crippen MR) is 46.3 cm³/mol. The number of nitriles is 1. The van der Waals surface area contributed by atoms with Crippen LogP contribution >= 0.6 is 11.8 Å². The summed E-state index contributed by atoms with van der Waals surface area (Å²) in [6, 6.07) is 2.29. The Labute approximate surface area is 71.6 Å². The third kappa shape index (κ3) is 1.69. The van der Waals surface area contributed by atoms with Gasteiger partial charge in [-0.1, -0.05) is 13.8 Å². The van der Waals surface area contributed by atoms with E-state index in [1.165, 1.54) is 0 Å². The van der Waals surface area contributed by atoms with E-state index in [9.17, 15) is 0 Å². The van der Waals surface area contributed by atoms with Gasteiger partial charge >= 0.3 is 0 Å². The molecule has 2 nitrogen and oxygen atoms in total. The van der Waals surface area contributed by atoms with Crippen molar-refractivity contribution in [2.75, 3.05) is 6.61 Å². The second kappa shape index (κ2) is 3.04. The molecule has 0 aromatic carbocycles. The number of rotatable bonds is 3. The van der Waals surface area contributed by atoms with Gasteiger partial charge in [-0.3, -0.25) is 0 Å². The normalized spacial score (nSPS) is 35.4. The van der Waals surface area contributed by atoms with E-state index in [0.29, 0.717) is 5.25 Å². The standard InChI is InChI=1S/C8H13NOS/c1-6(2)11-8(5-9)3-7(8)4-10/h6-7,10H,3-4H2,1-2H3. The molecule has 0 saturated heterocycles. The molecule has 62 valence electrons. The quantitative estimate of drug-likeness (QED) is 0.698. The average molecular weight is 171 g/mol. The van der Waals surface area contributed by atoms with Crippen LogP contribution in [0.2, 0.25) is 0 Å². The molecule has 0 heterocycles. The highest BCUT2D eigenvalue weighted by Crippen LogP contribution is 2.54.